The Bertz CT molecular complexity index is 522. The number of carbonyl (C=O) groups is 1. The molecule has 0 aliphatic rings. The number of alkyl halides is 1. The molecule has 0 saturated heterocycles. The predicted molar refractivity (Wildman–Crippen MR) is 62.3 cm³/mol. The van der Waals surface area contributed by atoms with Gasteiger partial charge in [-0.1, -0.05) is 6.07 Å². The molecule has 0 aliphatic heterocycles. The van der Waals surface area contributed by atoms with Crippen molar-refractivity contribution in [1.82, 2.24) is 10.2 Å². The van der Waals surface area contributed by atoms with Crippen LogP contribution in [0.1, 0.15) is 17.4 Å². The summed E-state index contributed by atoms with van der Waals surface area (Å²) >= 11 is 5.56. The number of benzene rings is 1. The number of aromatic nitrogens is 2. The van der Waals surface area contributed by atoms with Gasteiger partial charge in [0.15, 0.2) is 5.78 Å². The molecule has 0 spiro atoms. The van der Waals surface area contributed by atoms with Crippen molar-refractivity contribution in [1.29, 1.82) is 0 Å². The monoisotopic (exact) mass is 238 g/mol. The van der Waals surface area contributed by atoms with Crippen LogP contribution in [0.25, 0.3) is 10.9 Å². The number of halogens is 1. The van der Waals surface area contributed by atoms with E-state index in [1.54, 1.807) is 6.07 Å². The van der Waals surface area contributed by atoms with Crippen molar-refractivity contribution in [2.45, 2.75) is 6.92 Å². The molecule has 0 aliphatic carbocycles. The van der Waals surface area contributed by atoms with Gasteiger partial charge in [0.05, 0.1) is 16.8 Å². The fourth-order valence-corrected chi connectivity index (χ4v) is 1.64. The minimum Gasteiger partial charge on any atom is -0.492 e. The molecule has 16 heavy (non-hydrogen) atoms. The molecule has 0 saturated carbocycles. The topological polar surface area (TPSA) is 55.0 Å². The first-order valence-electron chi connectivity index (χ1n) is 4.91. The quantitative estimate of drug-likeness (QED) is 0.657. The maximum absolute atomic E-state index is 11.4. The van der Waals surface area contributed by atoms with E-state index in [0.717, 1.165) is 10.9 Å². The highest BCUT2D eigenvalue weighted by Crippen LogP contribution is 2.27. The Hall–Kier alpha value is -1.55. The molecule has 1 heterocycles. The predicted octanol–water partition coefficient (Wildman–Crippen LogP) is 2.38. The largest absolute Gasteiger partial charge is 0.492 e. The number of rotatable bonds is 4. The molecule has 0 amide bonds. The first-order valence-corrected chi connectivity index (χ1v) is 5.44. The fraction of sp³-hybridized carbons (Fsp3) is 0.273. The second-order valence-electron chi connectivity index (χ2n) is 3.34. The summed E-state index contributed by atoms with van der Waals surface area (Å²) < 4.78 is 5.47. The van der Waals surface area contributed by atoms with Crippen LogP contribution in [0.3, 0.4) is 0 Å². The van der Waals surface area contributed by atoms with Crippen LogP contribution in [0.15, 0.2) is 18.2 Å². The van der Waals surface area contributed by atoms with E-state index < -0.39 is 0 Å². The van der Waals surface area contributed by atoms with Crippen molar-refractivity contribution in [2.24, 2.45) is 0 Å². The molecule has 2 rings (SSSR count). The molecule has 1 aromatic heterocycles. The van der Waals surface area contributed by atoms with Crippen LogP contribution in [0.2, 0.25) is 0 Å². The summed E-state index contributed by atoms with van der Waals surface area (Å²) in [6.07, 6.45) is 0. The highest BCUT2D eigenvalue weighted by Gasteiger charge is 2.14. The SMILES string of the molecule is CC(=O)c1n[nH]c2cccc(OCCCl)c12. The number of nitrogens with zero attached hydrogens (tertiary/aromatic N) is 1. The van der Waals surface area contributed by atoms with Crippen molar-refractivity contribution in [2.75, 3.05) is 12.5 Å². The molecule has 0 bridgehead atoms. The average Bonchev–Trinajstić information content (AvgIpc) is 2.70. The fourth-order valence-electron chi connectivity index (χ4n) is 1.56. The summed E-state index contributed by atoms with van der Waals surface area (Å²) in [5.74, 6) is 0.953. The van der Waals surface area contributed by atoms with Crippen molar-refractivity contribution >= 4 is 28.3 Å². The summed E-state index contributed by atoms with van der Waals surface area (Å²) in [5.41, 5.74) is 1.19. The minimum atomic E-state index is -0.0897. The minimum absolute atomic E-state index is 0.0897. The van der Waals surface area contributed by atoms with Crippen molar-refractivity contribution in [3.63, 3.8) is 0 Å². The number of carbonyl (C=O) groups excluding carboxylic acids is 1. The van der Waals surface area contributed by atoms with E-state index in [1.807, 2.05) is 12.1 Å². The van der Waals surface area contributed by atoms with Crippen LogP contribution in [0.5, 0.6) is 5.75 Å². The number of nitrogens with one attached hydrogen (secondary N) is 1. The normalized spacial score (nSPS) is 10.6. The lowest BCUT2D eigenvalue weighted by molar-refractivity contribution is 0.101. The second kappa shape index (κ2) is 4.53. The Morgan fingerprint density at radius 3 is 3.06 bits per heavy atom. The van der Waals surface area contributed by atoms with Crippen LogP contribution < -0.4 is 4.74 Å². The molecule has 5 heteroatoms. The van der Waals surface area contributed by atoms with E-state index >= 15 is 0 Å². The molecular weight excluding hydrogens is 228 g/mol. The first-order chi connectivity index (χ1) is 7.74. The van der Waals surface area contributed by atoms with E-state index in [-0.39, 0.29) is 5.78 Å². The van der Waals surface area contributed by atoms with Gasteiger partial charge >= 0.3 is 0 Å². The third-order valence-electron chi connectivity index (χ3n) is 2.22. The van der Waals surface area contributed by atoms with Gasteiger partial charge in [-0.25, -0.2) is 0 Å². The number of hydrogen-bond acceptors (Lipinski definition) is 3. The Labute approximate surface area is 97.5 Å². The lowest BCUT2D eigenvalue weighted by Gasteiger charge is -2.05. The Kier molecular flexibility index (Phi) is 3.10. The zero-order chi connectivity index (χ0) is 11.5. The van der Waals surface area contributed by atoms with E-state index in [9.17, 15) is 4.79 Å². The lowest BCUT2D eigenvalue weighted by Crippen LogP contribution is -2.00. The number of ketones is 1. The van der Waals surface area contributed by atoms with Gasteiger partial charge in [0.2, 0.25) is 0 Å². The van der Waals surface area contributed by atoms with Crippen LogP contribution in [0.4, 0.5) is 0 Å². The van der Waals surface area contributed by atoms with Crippen LogP contribution in [0, 0.1) is 0 Å². The van der Waals surface area contributed by atoms with E-state index in [4.69, 9.17) is 16.3 Å². The van der Waals surface area contributed by atoms with E-state index in [1.165, 1.54) is 6.92 Å². The maximum Gasteiger partial charge on any atom is 0.180 e. The average molecular weight is 239 g/mol. The number of aromatic amines is 1. The number of ether oxygens (including phenoxy) is 1. The molecule has 0 atom stereocenters. The maximum atomic E-state index is 11.4. The summed E-state index contributed by atoms with van der Waals surface area (Å²) in [7, 11) is 0. The van der Waals surface area contributed by atoms with Gasteiger partial charge < -0.3 is 4.74 Å². The number of Topliss-reactive ketones (excluding diaryl/α,β-unsaturated/α-hetero) is 1. The lowest BCUT2D eigenvalue weighted by atomic mass is 10.1. The number of fused-ring (bicyclic) bond motifs is 1. The van der Waals surface area contributed by atoms with Gasteiger partial charge in [-0.3, -0.25) is 9.89 Å². The van der Waals surface area contributed by atoms with Crippen LogP contribution >= 0.6 is 11.6 Å². The molecule has 1 aromatic carbocycles. The molecular formula is C11H11ClN2O2. The molecule has 0 fully saturated rings. The Balaban J connectivity index is 2.54. The zero-order valence-corrected chi connectivity index (χ0v) is 9.54. The van der Waals surface area contributed by atoms with Crippen LogP contribution in [-0.2, 0) is 0 Å². The van der Waals surface area contributed by atoms with Crippen molar-refractivity contribution < 1.29 is 9.53 Å². The molecule has 4 nitrogen and oxygen atoms in total. The zero-order valence-electron chi connectivity index (χ0n) is 8.79. The van der Waals surface area contributed by atoms with E-state index in [2.05, 4.69) is 10.2 Å². The Morgan fingerprint density at radius 1 is 1.56 bits per heavy atom. The number of H-pyrrole nitrogens is 1. The van der Waals surface area contributed by atoms with Gasteiger partial charge in [-0.15, -0.1) is 11.6 Å². The van der Waals surface area contributed by atoms with Gasteiger partial charge in [0, 0.05) is 6.92 Å². The highest BCUT2D eigenvalue weighted by molar-refractivity contribution is 6.18. The molecule has 0 unspecified atom stereocenters. The van der Waals surface area contributed by atoms with Crippen molar-refractivity contribution in [3.05, 3.63) is 23.9 Å². The van der Waals surface area contributed by atoms with Gasteiger partial charge in [-0.2, -0.15) is 5.10 Å². The molecule has 2 aromatic rings. The van der Waals surface area contributed by atoms with Crippen molar-refractivity contribution in [3.8, 4) is 5.75 Å². The van der Waals surface area contributed by atoms with Crippen LogP contribution in [-0.4, -0.2) is 28.5 Å². The summed E-state index contributed by atoms with van der Waals surface area (Å²) in [5, 5.41) is 7.50. The second-order valence-corrected chi connectivity index (χ2v) is 3.72. The third kappa shape index (κ3) is 1.88. The summed E-state index contributed by atoms with van der Waals surface area (Å²) in [6.45, 7) is 1.89. The standard InChI is InChI=1S/C11H11ClN2O2/c1-7(15)11-10-8(13-14-11)3-2-4-9(10)16-6-5-12/h2-4H,5-6H2,1H3,(H,13,14). The third-order valence-corrected chi connectivity index (χ3v) is 2.37. The van der Waals surface area contributed by atoms with Gasteiger partial charge in [0.25, 0.3) is 0 Å². The highest BCUT2D eigenvalue weighted by atomic mass is 35.5. The summed E-state index contributed by atoms with van der Waals surface area (Å²) in [4.78, 5) is 11.4. The molecule has 1 N–H and O–H groups in total. The van der Waals surface area contributed by atoms with E-state index in [0.29, 0.717) is 23.9 Å². The van der Waals surface area contributed by atoms with Gasteiger partial charge in [-0.05, 0) is 12.1 Å². The Morgan fingerprint density at radius 2 is 2.38 bits per heavy atom. The smallest absolute Gasteiger partial charge is 0.180 e. The van der Waals surface area contributed by atoms with Gasteiger partial charge in [0.1, 0.15) is 18.1 Å². The summed E-state index contributed by atoms with van der Waals surface area (Å²) in [6, 6.07) is 5.49. The molecule has 84 valence electrons. The molecule has 0 radical (unpaired) electrons. The number of hydrogen-bond donors (Lipinski definition) is 1. The first kappa shape index (κ1) is 11.0.